The molecule has 0 amide bonds. The van der Waals surface area contributed by atoms with Crippen LogP contribution in [0.25, 0.3) is 0 Å². The van der Waals surface area contributed by atoms with Gasteiger partial charge in [0.15, 0.2) is 0 Å². The van der Waals surface area contributed by atoms with Crippen LogP contribution >= 0.6 is 0 Å². The van der Waals surface area contributed by atoms with E-state index in [-0.39, 0.29) is 46.7 Å². The number of benzene rings is 5. The maximum absolute atomic E-state index is 11.4. The summed E-state index contributed by atoms with van der Waals surface area (Å²) < 4.78 is 13.5. The molecule has 1 unspecified atom stereocenters. The van der Waals surface area contributed by atoms with Gasteiger partial charge in [-0.1, -0.05) is 36.4 Å². The number of hydrogen-bond donors (Lipinski definition) is 7. The van der Waals surface area contributed by atoms with E-state index in [1.54, 1.807) is 91.0 Å². The molecule has 2 aliphatic heterocycles. The summed E-state index contributed by atoms with van der Waals surface area (Å²) in [6, 6.07) is 28.3. The summed E-state index contributed by atoms with van der Waals surface area (Å²) in [5.41, 5.74) is 6.40. The van der Waals surface area contributed by atoms with Crippen molar-refractivity contribution in [2.45, 2.75) is 49.4 Å². The fourth-order valence-corrected chi connectivity index (χ4v) is 7.95. The van der Waals surface area contributed by atoms with Gasteiger partial charge in [-0.3, -0.25) is 0 Å². The van der Waals surface area contributed by atoms with Crippen molar-refractivity contribution in [3.05, 3.63) is 159 Å². The lowest BCUT2D eigenvalue weighted by molar-refractivity contribution is 0.0408. The Balaban J connectivity index is 1.34. The Morgan fingerprint density at radius 1 is 0.529 bits per heavy atom. The van der Waals surface area contributed by atoms with Gasteiger partial charge in [-0.2, -0.15) is 0 Å². The summed E-state index contributed by atoms with van der Waals surface area (Å²) in [6.45, 7) is 0. The first-order valence-corrected chi connectivity index (χ1v) is 16.8. The van der Waals surface area contributed by atoms with Crippen LogP contribution in [-0.4, -0.2) is 41.8 Å². The van der Waals surface area contributed by atoms with Crippen molar-refractivity contribution in [3.63, 3.8) is 0 Å². The highest BCUT2D eigenvalue weighted by Gasteiger charge is 2.49. The molecule has 7 N–H and O–H groups in total. The Labute approximate surface area is 293 Å². The van der Waals surface area contributed by atoms with Crippen LogP contribution in [0.1, 0.15) is 63.8 Å². The zero-order valence-corrected chi connectivity index (χ0v) is 27.3. The van der Waals surface area contributed by atoms with Crippen LogP contribution in [-0.2, 0) is 17.6 Å². The number of aliphatic hydroxyl groups excluding tert-OH is 1. The van der Waals surface area contributed by atoms with E-state index in [9.17, 15) is 35.7 Å². The van der Waals surface area contributed by atoms with Gasteiger partial charge in [0.25, 0.3) is 0 Å². The summed E-state index contributed by atoms with van der Waals surface area (Å²) in [4.78, 5) is 0. The van der Waals surface area contributed by atoms with Crippen molar-refractivity contribution in [2.75, 3.05) is 0 Å². The van der Waals surface area contributed by atoms with Crippen molar-refractivity contribution in [3.8, 4) is 40.2 Å². The lowest BCUT2D eigenvalue weighted by Gasteiger charge is -2.30. The number of phenols is 6. The molecule has 0 radical (unpaired) electrons. The zero-order valence-electron chi connectivity index (χ0n) is 27.3. The molecule has 9 nitrogen and oxygen atoms in total. The highest BCUT2D eigenvalue weighted by molar-refractivity contribution is 5.61. The smallest absolute Gasteiger partial charge is 0.135 e. The fourth-order valence-electron chi connectivity index (χ4n) is 7.95. The second kappa shape index (κ2) is 12.7. The molecule has 0 aromatic heterocycles. The number of fused-ring (bicyclic) bond motifs is 2. The van der Waals surface area contributed by atoms with Crippen molar-refractivity contribution in [1.29, 1.82) is 0 Å². The Morgan fingerprint density at radius 2 is 1.10 bits per heavy atom. The number of aryl methyl sites for hydroxylation is 2. The lowest BCUT2D eigenvalue weighted by Crippen LogP contribution is -2.22. The van der Waals surface area contributed by atoms with Crippen molar-refractivity contribution in [2.24, 2.45) is 0 Å². The molecule has 5 atom stereocenters. The minimum atomic E-state index is -0.633. The lowest BCUT2D eigenvalue weighted by atomic mass is 9.72. The van der Waals surface area contributed by atoms with Gasteiger partial charge in [0.2, 0.25) is 0 Å². The molecule has 1 aliphatic carbocycles. The number of allylic oxidation sites excluding steroid dienone is 1. The van der Waals surface area contributed by atoms with Crippen LogP contribution in [0.4, 0.5) is 0 Å². The number of rotatable bonds is 7. The topological polar surface area (TPSA) is 160 Å². The van der Waals surface area contributed by atoms with Gasteiger partial charge in [0.1, 0.15) is 46.4 Å². The monoisotopic (exact) mass is 684 g/mol. The van der Waals surface area contributed by atoms with Gasteiger partial charge in [-0.25, -0.2) is 0 Å². The third-order valence-electron chi connectivity index (χ3n) is 10.1. The Bertz CT molecular complexity index is 2150. The highest BCUT2D eigenvalue weighted by atomic mass is 16.5. The summed E-state index contributed by atoms with van der Waals surface area (Å²) in [6.07, 6.45) is 1.27. The number of aromatic hydroxyl groups is 6. The molecule has 5 aromatic rings. The minimum absolute atomic E-state index is 0.0434. The first-order chi connectivity index (χ1) is 24.6. The van der Waals surface area contributed by atoms with E-state index >= 15 is 0 Å². The van der Waals surface area contributed by atoms with Gasteiger partial charge in [-0.15, -0.1) is 0 Å². The minimum Gasteiger partial charge on any atom is -0.512 e. The van der Waals surface area contributed by atoms with Crippen LogP contribution in [0, 0.1) is 0 Å². The number of ether oxygens (including phenoxy) is 2. The summed E-state index contributed by atoms with van der Waals surface area (Å²) in [7, 11) is 0. The number of hydrogen-bond acceptors (Lipinski definition) is 9. The van der Waals surface area contributed by atoms with E-state index < -0.39 is 30.1 Å². The second-order valence-electron chi connectivity index (χ2n) is 13.4. The van der Waals surface area contributed by atoms with Gasteiger partial charge in [-0.05, 0) is 112 Å². The van der Waals surface area contributed by atoms with Gasteiger partial charge >= 0.3 is 0 Å². The molecule has 51 heavy (non-hydrogen) atoms. The van der Waals surface area contributed by atoms with E-state index in [0.717, 1.165) is 39.0 Å². The van der Waals surface area contributed by atoms with Crippen molar-refractivity contribution < 1.29 is 45.2 Å². The molecule has 2 heterocycles. The quantitative estimate of drug-likeness (QED) is 0.0902. The van der Waals surface area contributed by atoms with E-state index in [1.807, 2.05) is 12.1 Å². The van der Waals surface area contributed by atoms with Gasteiger partial charge < -0.3 is 45.2 Å². The van der Waals surface area contributed by atoms with Gasteiger partial charge in [0, 0.05) is 30.0 Å². The standard InChI is InChI=1S/C42H36O9/c43-27-9-2-22(3-10-27)1-4-25-15-32(48)20-35-37(25)40(42(50-35)24-7-13-29(45)14-8-24)34-19-33(49)21-36-39(34)38(26-16-30(46)18-31(47)17-26)41(51-36)23-5-11-28(44)12-6-23/h2-3,5-20,36,38,40-49H,1,4,21H2/t36?,38-,40+,41+,42-/m1/s1. The van der Waals surface area contributed by atoms with Crippen molar-refractivity contribution >= 4 is 0 Å². The van der Waals surface area contributed by atoms with E-state index in [0.29, 0.717) is 24.2 Å². The van der Waals surface area contributed by atoms with Crippen molar-refractivity contribution in [1.82, 2.24) is 0 Å². The molecule has 5 aromatic carbocycles. The molecule has 8 rings (SSSR count). The maximum atomic E-state index is 11.4. The van der Waals surface area contributed by atoms with Crippen LogP contribution in [0.3, 0.4) is 0 Å². The Hall–Kier alpha value is -6.06. The largest absolute Gasteiger partial charge is 0.512 e. The number of phenolic OH excluding ortho intramolecular Hbond substituents is 6. The first-order valence-electron chi connectivity index (χ1n) is 16.8. The SMILES string of the molecule is OC1=CC([C@H]2c3c(CCc4ccc(O)cc4)cc(O)cc3O[C@@H]2c2ccc(O)cc2)=C2C(C1)O[C@@H](c1ccc(O)cc1)[C@@H]2c1cc(O)cc(O)c1. The predicted molar refractivity (Wildman–Crippen MR) is 188 cm³/mol. The molecule has 9 heteroatoms. The molecule has 0 saturated carbocycles. The van der Waals surface area contributed by atoms with Crippen LogP contribution < -0.4 is 4.74 Å². The maximum Gasteiger partial charge on any atom is 0.135 e. The third-order valence-corrected chi connectivity index (χ3v) is 10.1. The van der Waals surface area contributed by atoms with Crippen LogP contribution in [0.5, 0.6) is 40.2 Å². The first kappa shape index (κ1) is 32.2. The molecule has 0 bridgehead atoms. The Morgan fingerprint density at radius 3 is 1.73 bits per heavy atom. The van der Waals surface area contributed by atoms with Crippen LogP contribution in [0.15, 0.2) is 126 Å². The molecular weight excluding hydrogens is 648 g/mol. The predicted octanol–water partition coefficient (Wildman–Crippen LogP) is 7.99. The number of aliphatic hydroxyl groups is 1. The molecule has 258 valence electrons. The normalized spacial score (nSPS) is 22.3. The third kappa shape index (κ3) is 6.06. The summed E-state index contributed by atoms with van der Waals surface area (Å²) in [5.74, 6) is -0.258. The summed E-state index contributed by atoms with van der Waals surface area (Å²) in [5, 5.41) is 73.7. The second-order valence-corrected chi connectivity index (χ2v) is 13.4. The zero-order chi connectivity index (χ0) is 35.4. The summed E-state index contributed by atoms with van der Waals surface area (Å²) >= 11 is 0. The Kier molecular flexibility index (Phi) is 8.00. The molecule has 0 spiro atoms. The molecule has 3 aliphatic rings. The average Bonchev–Trinajstić information content (AvgIpc) is 3.67. The fraction of sp³-hybridized carbons (Fsp3) is 0.190. The molecule has 1 saturated heterocycles. The van der Waals surface area contributed by atoms with E-state index in [2.05, 4.69) is 0 Å². The van der Waals surface area contributed by atoms with E-state index in [1.165, 1.54) is 6.07 Å². The molecule has 1 fully saturated rings. The van der Waals surface area contributed by atoms with Gasteiger partial charge in [0.05, 0.1) is 23.9 Å². The molecular formula is C42H36O9. The highest BCUT2D eigenvalue weighted by Crippen LogP contribution is 2.60. The average molecular weight is 685 g/mol. The van der Waals surface area contributed by atoms with Crippen LogP contribution in [0.2, 0.25) is 0 Å². The van der Waals surface area contributed by atoms with E-state index in [4.69, 9.17) is 9.47 Å².